The molecule has 2 rings (SSSR count). The fourth-order valence-electron chi connectivity index (χ4n) is 2.61. The number of rotatable bonds is 8. The van der Waals surface area contributed by atoms with Crippen LogP contribution in [-0.4, -0.2) is 49.8 Å². The zero-order valence-corrected chi connectivity index (χ0v) is 14.8. The van der Waals surface area contributed by atoms with Gasteiger partial charge in [0.05, 0.1) is 14.2 Å². The molecule has 140 valence electrons. The summed E-state index contributed by atoms with van der Waals surface area (Å²) >= 11 is 0. The first-order valence-electron chi connectivity index (χ1n) is 8.29. The van der Waals surface area contributed by atoms with Crippen molar-refractivity contribution in [2.75, 3.05) is 20.8 Å². The molecule has 1 unspecified atom stereocenters. The summed E-state index contributed by atoms with van der Waals surface area (Å²) in [6, 6.07) is 6.51. The molecule has 1 aromatic carbocycles. The number of hydrogen-bond acceptors (Lipinski definition) is 5. The number of benzene rings is 1. The standard InChI is InChI=1S/C18H23N3O5/c1-25-16(22)8-7-15(17(23)26-2)21-18(24)19-10-9-12-11-20-14-6-4-3-5-13(12)14/h3-6,11,15,20H,7-10H2,1-2H3,(H2,19,21,24). The smallest absolute Gasteiger partial charge is 0.328 e. The third-order valence-electron chi connectivity index (χ3n) is 4.01. The van der Waals surface area contributed by atoms with Crippen molar-refractivity contribution < 1.29 is 23.9 Å². The Labute approximate surface area is 151 Å². The monoisotopic (exact) mass is 361 g/mol. The molecule has 0 saturated carbocycles. The highest BCUT2D eigenvalue weighted by Gasteiger charge is 2.22. The third kappa shape index (κ3) is 5.23. The van der Waals surface area contributed by atoms with Gasteiger partial charge < -0.3 is 25.1 Å². The Hall–Kier alpha value is -3.03. The summed E-state index contributed by atoms with van der Waals surface area (Å²) in [6.45, 7) is 0.401. The van der Waals surface area contributed by atoms with E-state index in [-0.39, 0.29) is 12.8 Å². The Morgan fingerprint density at radius 1 is 1.15 bits per heavy atom. The van der Waals surface area contributed by atoms with E-state index in [1.807, 2.05) is 30.5 Å². The number of aromatic amines is 1. The topological polar surface area (TPSA) is 110 Å². The van der Waals surface area contributed by atoms with Crippen molar-refractivity contribution in [3.05, 3.63) is 36.0 Å². The van der Waals surface area contributed by atoms with Crippen LogP contribution < -0.4 is 10.6 Å². The van der Waals surface area contributed by atoms with E-state index in [1.54, 1.807) is 0 Å². The van der Waals surface area contributed by atoms with Crippen molar-refractivity contribution in [2.45, 2.75) is 25.3 Å². The lowest BCUT2D eigenvalue weighted by molar-refractivity contribution is -0.144. The molecule has 0 radical (unpaired) electrons. The van der Waals surface area contributed by atoms with E-state index in [4.69, 9.17) is 0 Å². The van der Waals surface area contributed by atoms with Crippen molar-refractivity contribution in [1.29, 1.82) is 0 Å². The average molecular weight is 361 g/mol. The van der Waals surface area contributed by atoms with Crippen LogP contribution in [0.1, 0.15) is 18.4 Å². The van der Waals surface area contributed by atoms with E-state index in [0.717, 1.165) is 16.5 Å². The van der Waals surface area contributed by atoms with E-state index in [0.29, 0.717) is 13.0 Å². The zero-order valence-electron chi connectivity index (χ0n) is 14.8. The Kier molecular flexibility index (Phi) is 7.02. The first-order chi connectivity index (χ1) is 12.5. The second-order valence-electron chi connectivity index (χ2n) is 5.70. The van der Waals surface area contributed by atoms with Crippen LogP contribution in [0.25, 0.3) is 10.9 Å². The zero-order chi connectivity index (χ0) is 18.9. The molecular weight excluding hydrogens is 338 g/mol. The number of H-pyrrole nitrogens is 1. The van der Waals surface area contributed by atoms with Gasteiger partial charge >= 0.3 is 18.0 Å². The minimum absolute atomic E-state index is 0.00584. The summed E-state index contributed by atoms with van der Waals surface area (Å²) < 4.78 is 9.19. The number of carbonyl (C=O) groups excluding carboxylic acids is 3. The predicted octanol–water partition coefficient (Wildman–Crippen LogP) is 1.50. The summed E-state index contributed by atoms with van der Waals surface area (Å²) in [5.41, 5.74) is 2.14. The Morgan fingerprint density at radius 2 is 1.92 bits per heavy atom. The van der Waals surface area contributed by atoms with Crippen LogP contribution in [0.5, 0.6) is 0 Å². The van der Waals surface area contributed by atoms with Gasteiger partial charge in [0.25, 0.3) is 0 Å². The molecule has 0 bridgehead atoms. The van der Waals surface area contributed by atoms with E-state index in [2.05, 4.69) is 25.1 Å². The fourth-order valence-corrected chi connectivity index (χ4v) is 2.61. The van der Waals surface area contributed by atoms with Crippen LogP contribution in [0.2, 0.25) is 0 Å². The summed E-state index contributed by atoms with van der Waals surface area (Å²) in [5.74, 6) is -1.07. The van der Waals surface area contributed by atoms with Crippen molar-refractivity contribution in [3.63, 3.8) is 0 Å². The molecule has 0 fully saturated rings. The highest BCUT2D eigenvalue weighted by atomic mass is 16.5. The molecule has 0 aliphatic carbocycles. The summed E-state index contributed by atoms with van der Waals surface area (Å²) in [7, 11) is 2.49. The minimum Gasteiger partial charge on any atom is -0.469 e. The number of methoxy groups -OCH3 is 2. The number of esters is 2. The van der Waals surface area contributed by atoms with Crippen molar-refractivity contribution in [1.82, 2.24) is 15.6 Å². The SMILES string of the molecule is COC(=O)CCC(NC(=O)NCCc1c[nH]c2ccccc12)C(=O)OC. The van der Waals surface area contributed by atoms with E-state index < -0.39 is 24.0 Å². The summed E-state index contributed by atoms with van der Waals surface area (Å²) in [4.78, 5) is 38.2. The molecule has 1 atom stereocenters. The normalized spacial score (nSPS) is 11.6. The van der Waals surface area contributed by atoms with Crippen molar-refractivity contribution in [2.24, 2.45) is 0 Å². The van der Waals surface area contributed by atoms with Gasteiger partial charge in [-0.15, -0.1) is 0 Å². The van der Waals surface area contributed by atoms with Crippen LogP contribution in [0.15, 0.2) is 30.5 Å². The van der Waals surface area contributed by atoms with Gasteiger partial charge in [-0.3, -0.25) is 4.79 Å². The van der Waals surface area contributed by atoms with Crippen molar-refractivity contribution >= 4 is 28.9 Å². The Bertz CT molecular complexity index is 771. The van der Waals surface area contributed by atoms with Gasteiger partial charge in [-0.25, -0.2) is 9.59 Å². The number of hydrogen-bond donors (Lipinski definition) is 3. The molecule has 2 aromatic rings. The average Bonchev–Trinajstić information content (AvgIpc) is 3.07. The molecule has 1 aromatic heterocycles. The molecule has 1 heterocycles. The molecule has 0 aliphatic heterocycles. The lowest BCUT2D eigenvalue weighted by Crippen LogP contribution is -2.47. The van der Waals surface area contributed by atoms with Gasteiger partial charge in [0.2, 0.25) is 0 Å². The largest absolute Gasteiger partial charge is 0.469 e. The van der Waals surface area contributed by atoms with Crippen LogP contribution in [0.3, 0.4) is 0 Å². The van der Waals surface area contributed by atoms with E-state index >= 15 is 0 Å². The van der Waals surface area contributed by atoms with Crippen LogP contribution in [0, 0.1) is 0 Å². The number of aromatic nitrogens is 1. The minimum atomic E-state index is -0.910. The van der Waals surface area contributed by atoms with Gasteiger partial charge in [0.15, 0.2) is 0 Å². The van der Waals surface area contributed by atoms with E-state index in [9.17, 15) is 14.4 Å². The lowest BCUT2D eigenvalue weighted by Gasteiger charge is -2.16. The van der Waals surface area contributed by atoms with E-state index in [1.165, 1.54) is 14.2 Å². The van der Waals surface area contributed by atoms with Gasteiger partial charge in [-0.05, 0) is 24.5 Å². The van der Waals surface area contributed by atoms with Crippen LogP contribution in [0.4, 0.5) is 4.79 Å². The van der Waals surface area contributed by atoms with Gasteiger partial charge in [-0.2, -0.15) is 0 Å². The Morgan fingerprint density at radius 3 is 2.65 bits per heavy atom. The van der Waals surface area contributed by atoms with Crippen LogP contribution in [-0.2, 0) is 25.5 Å². The predicted molar refractivity (Wildman–Crippen MR) is 95.6 cm³/mol. The number of nitrogens with one attached hydrogen (secondary N) is 3. The second kappa shape index (κ2) is 9.45. The second-order valence-corrected chi connectivity index (χ2v) is 5.70. The highest BCUT2D eigenvalue weighted by molar-refractivity contribution is 5.84. The molecule has 0 aliphatic rings. The number of fused-ring (bicyclic) bond motifs is 1. The maximum Gasteiger partial charge on any atom is 0.328 e. The molecule has 8 nitrogen and oxygen atoms in total. The lowest BCUT2D eigenvalue weighted by atomic mass is 10.1. The molecule has 0 spiro atoms. The summed E-state index contributed by atoms with van der Waals surface area (Å²) in [5, 5.41) is 6.34. The molecule has 3 N–H and O–H groups in total. The number of para-hydroxylation sites is 1. The molecule has 2 amide bonds. The van der Waals surface area contributed by atoms with Gasteiger partial charge in [0, 0.05) is 30.1 Å². The molecule has 8 heteroatoms. The maximum absolute atomic E-state index is 12.0. The molecule has 0 saturated heterocycles. The van der Waals surface area contributed by atoms with Gasteiger partial charge in [0.1, 0.15) is 6.04 Å². The van der Waals surface area contributed by atoms with Gasteiger partial charge in [-0.1, -0.05) is 18.2 Å². The fraction of sp³-hybridized carbons (Fsp3) is 0.389. The number of amides is 2. The number of urea groups is 1. The third-order valence-corrected chi connectivity index (χ3v) is 4.01. The Balaban J connectivity index is 1.83. The highest BCUT2D eigenvalue weighted by Crippen LogP contribution is 2.17. The quantitative estimate of drug-likeness (QED) is 0.618. The van der Waals surface area contributed by atoms with Crippen LogP contribution >= 0.6 is 0 Å². The first-order valence-corrected chi connectivity index (χ1v) is 8.29. The molecule has 26 heavy (non-hydrogen) atoms. The number of carbonyl (C=O) groups is 3. The van der Waals surface area contributed by atoms with Crippen molar-refractivity contribution in [3.8, 4) is 0 Å². The summed E-state index contributed by atoms with van der Waals surface area (Å²) in [6.07, 6.45) is 2.67. The maximum atomic E-state index is 12.0. The number of ether oxygens (including phenoxy) is 2. The first kappa shape index (κ1) is 19.3. The molecular formula is C18H23N3O5.